The van der Waals surface area contributed by atoms with Crippen molar-refractivity contribution in [2.24, 2.45) is 0 Å². The predicted molar refractivity (Wildman–Crippen MR) is 65.8 cm³/mol. The minimum Gasteiger partial charge on any atom is -0.358 e. The maximum atomic E-state index is 11.8. The molecule has 1 atom stereocenters. The second-order valence-electron chi connectivity index (χ2n) is 4.39. The summed E-state index contributed by atoms with van der Waals surface area (Å²) in [6.07, 6.45) is 1.70. The molecule has 1 aromatic heterocycles. The number of aryl methyl sites for hydroxylation is 2. The Labute approximate surface area is 101 Å². The number of carbonyl (C=O) groups is 1. The molecule has 1 aliphatic rings. The van der Waals surface area contributed by atoms with Crippen LogP contribution in [0.5, 0.6) is 0 Å². The molecule has 1 N–H and O–H groups in total. The van der Waals surface area contributed by atoms with Crippen molar-refractivity contribution in [1.82, 2.24) is 14.9 Å². The van der Waals surface area contributed by atoms with E-state index in [9.17, 15) is 4.79 Å². The van der Waals surface area contributed by atoms with Crippen LogP contribution in [0.15, 0.2) is 6.07 Å². The van der Waals surface area contributed by atoms with Gasteiger partial charge in [-0.05, 0) is 19.8 Å². The molecule has 1 aliphatic heterocycles. The number of aromatic nitrogens is 2. The Morgan fingerprint density at radius 3 is 2.88 bits per heavy atom. The standard InChI is InChI=1S/C12H18N4O/c1-4-9-7-11(14-8(2)13-9)15-10-5-6-16(3)12(10)17/h7,10H,4-6H2,1-3H3,(H,13,14,15). The summed E-state index contributed by atoms with van der Waals surface area (Å²) in [6.45, 7) is 4.73. The molecule has 1 saturated heterocycles. The number of nitrogens with zero attached hydrogens (tertiary/aromatic N) is 3. The van der Waals surface area contributed by atoms with Gasteiger partial charge < -0.3 is 10.2 Å². The summed E-state index contributed by atoms with van der Waals surface area (Å²) in [5.41, 5.74) is 0.999. The van der Waals surface area contributed by atoms with E-state index in [4.69, 9.17) is 0 Å². The smallest absolute Gasteiger partial charge is 0.244 e. The van der Waals surface area contributed by atoms with Crippen molar-refractivity contribution in [1.29, 1.82) is 0 Å². The average molecular weight is 234 g/mol. The summed E-state index contributed by atoms with van der Waals surface area (Å²) >= 11 is 0. The number of amides is 1. The molecule has 92 valence electrons. The lowest BCUT2D eigenvalue weighted by atomic mass is 10.2. The summed E-state index contributed by atoms with van der Waals surface area (Å²) in [5.74, 6) is 1.63. The van der Waals surface area contributed by atoms with Gasteiger partial charge in [-0.15, -0.1) is 0 Å². The third-order valence-electron chi connectivity index (χ3n) is 3.00. The molecule has 0 aromatic carbocycles. The second kappa shape index (κ2) is 4.69. The number of nitrogens with one attached hydrogen (secondary N) is 1. The molecule has 2 rings (SSSR count). The number of likely N-dealkylation sites (N-methyl/N-ethyl adjacent to an activating group) is 1. The monoisotopic (exact) mass is 234 g/mol. The Bertz CT molecular complexity index is 433. The summed E-state index contributed by atoms with van der Waals surface area (Å²) in [4.78, 5) is 22.1. The van der Waals surface area contributed by atoms with E-state index in [0.717, 1.165) is 36.7 Å². The van der Waals surface area contributed by atoms with Crippen molar-refractivity contribution in [2.75, 3.05) is 18.9 Å². The number of carbonyl (C=O) groups excluding carboxylic acids is 1. The number of anilines is 1. The van der Waals surface area contributed by atoms with E-state index in [1.165, 1.54) is 0 Å². The Morgan fingerprint density at radius 2 is 2.29 bits per heavy atom. The summed E-state index contributed by atoms with van der Waals surface area (Å²) in [6, 6.07) is 1.78. The first-order chi connectivity index (χ1) is 8.10. The number of likely N-dealkylation sites (tertiary alicyclic amines) is 1. The van der Waals surface area contributed by atoms with Crippen molar-refractivity contribution >= 4 is 11.7 Å². The fourth-order valence-electron chi connectivity index (χ4n) is 2.02. The van der Waals surface area contributed by atoms with Crippen LogP contribution in [0.3, 0.4) is 0 Å². The average Bonchev–Trinajstić information content (AvgIpc) is 2.60. The zero-order chi connectivity index (χ0) is 12.4. The van der Waals surface area contributed by atoms with Crippen molar-refractivity contribution in [3.8, 4) is 0 Å². The second-order valence-corrected chi connectivity index (χ2v) is 4.39. The highest BCUT2D eigenvalue weighted by Crippen LogP contribution is 2.15. The lowest BCUT2D eigenvalue weighted by Gasteiger charge is -2.13. The van der Waals surface area contributed by atoms with Gasteiger partial charge in [0, 0.05) is 25.4 Å². The molecule has 0 saturated carbocycles. The lowest BCUT2D eigenvalue weighted by molar-refractivity contribution is -0.127. The number of hydrogen-bond acceptors (Lipinski definition) is 4. The van der Waals surface area contributed by atoms with Crippen LogP contribution in [-0.2, 0) is 11.2 Å². The summed E-state index contributed by atoms with van der Waals surface area (Å²) in [5, 5.41) is 3.19. The molecule has 1 amide bonds. The van der Waals surface area contributed by atoms with E-state index in [1.54, 1.807) is 4.90 Å². The largest absolute Gasteiger partial charge is 0.358 e. The molecule has 5 heteroatoms. The lowest BCUT2D eigenvalue weighted by Crippen LogP contribution is -2.31. The third kappa shape index (κ3) is 2.54. The van der Waals surface area contributed by atoms with Crippen LogP contribution in [-0.4, -0.2) is 40.4 Å². The van der Waals surface area contributed by atoms with E-state index in [2.05, 4.69) is 22.2 Å². The molecule has 1 unspecified atom stereocenters. The Hall–Kier alpha value is -1.65. The Kier molecular flexibility index (Phi) is 3.26. The maximum Gasteiger partial charge on any atom is 0.244 e. The van der Waals surface area contributed by atoms with E-state index >= 15 is 0 Å². The molecule has 2 heterocycles. The molecule has 17 heavy (non-hydrogen) atoms. The minimum atomic E-state index is -0.140. The molecular weight excluding hydrogens is 216 g/mol. The van der Waals surface area contributed by atoms with Gasteiger partial charge in [0.05, 0.1) is 0 Å². The first-order valence-electron chi connectivity index (χ1n) is 5.96. The third-order valence-corrected chi connectivity index (χ3v) is 3.00. The zero-order valence-corrected chi connectivity index (χ0v) is 10.5. The SMILES string of the molecule is CCc1cc(NC2CCN(C)C2=O)nc(C)n1. The van der Waals surface area contributed by atoms with Gasteiger partial charge in [0.25, 0.3) is 0 Å². The van der Waals surface area contributed by atoms with E-state index in [-0.39, 0.29) is 11.9 Å². The van der Waals surface area contributed by atoms with Gasteiger partial charge in [0.1, 0.15) is 17.7 Å². The topological polar surface area (TPSA) is 58.1 Å². The molecule has 5 nitrogen and oxygen atoms in total. The van der Waals surface area contributed by atoms with Gasteiger partial charge >= 0.3 is 0 Å². The summed E-state index contributed by atoms with van der Waals surface area (Å²) in [7, 11) is 1.83. The highest BCUT2D eigenvalue weighted by molar-refractivity contribution is 5.86. The van der Waals surface area contributed by atoms with Gasteiger partial charge in [-0.3, -0.25) is 4.79 Å². The Morgan fingerprint density at radius 1 is 1.53 bits per heavy atom. The van der Waals surface area contributed by atoms with E-state index in [0.29, 0.717) is 0 Å². The summed E-state index contributed by atoms with van der Waals surface area (Å²) < 4.78 is 0. The quantitative estimate of drug-likeness (QED) is 0.847. The molecule has 0 radical (unpaired) electrons. The predicted octanol–water partition coefficient (Wildman–Crippen LogP) is 0.990. The van der Waals surface area contributed by atoms with Crippen LogP contribution in [0.1, 0.15) is 24.9 Å². The van der Waals surface area contributed by atoms with Gasteiger partial charge in [-0.1, -0.05) is 6.92 Å². The van der Waals surface area contributed by atoms with Crippen LogP contribution in [0.2, 0.25) is 0 Å². The van der Waals surface area contributed by atoms with Crippen molar-refractivity contribution in [2.45, 2.75) is 32.7 Å². The zero-order valence-electron chi connectivity index (χ0n) is 10.5. The van der Waals surface area contributed by atoms with Gasteiger partial charge in [-0.25, -0.2) is 9.97 Å². The van der Waals surface area contributed by atoms with Crippen LogP contribution in [0.25, 0.3) is 0 Å². The van der Waals surface area contributed by atoms with Gasteiger partial charge in [0.2, 0.25) is 5.91 Å². The molecule has 0 bridgehead atoms. The minimum absolute atomic E-state index is 0.138. The highest BCUT2D eigenvalue weighted by atomic mass is 16.2. The first-order valence-corrected chi connectivity index (χ1v) is 5.96. The van der Waals surface area contributed by atoms with Crippen LogP contribution < -0.4 is 5.32 Å². The van der Waals surface area contributed by atoms with E-state index < -0.39 is 0 Å². The molecule has 1 fully saturated rings. The highest BCUT2D eigenvalue weighted by Gasteiger charge is 2.29. The molecule has 0 spiro atoms. The first kappa shape index (κ1) is 11.8. The molecule has 1 aromatic rings. The van der Waals surface area contributed by atoms with E-state index in [1.807, 2.05) is 20.0 Å². The van der Waals surface area contributed by atoms with Crippen molar-refractivity contribution in [3.63, 3.8) is 0 Å². The van der Waals surface area contributed by atoms with Crippen LogP contribution >= 0.6 is 0 Å². The maximum absolute atomic E-state index is 11.8. The number of hydrogen-bond donors (Lipinski definition) is 1. The normalized spacial score (nSPS) is 19.8. The fraction of sp³-hybridized carbons (Fsp3) is 0.583. The van der Waals surface area contributed by atoms with Gasteiger partial charge in [0.15, 0.2) is 0 Å². The molecule has 0 aliphatic carbocycles. The van der Waals surface area contributed by atoms with Crippen LogP contribution in [0.4, 0.5) is 5.82 Å². The Balaban J connectivity index is 2.13. The fourth-order valence-corrected chi connectivity index (χ4v) is 2.02. The number of rotatable bonds is 3. The van der Waals surface area contributed by atoms with Crippen molar-refractivity contribution < 1.29 is 4.79 Å². The van der Waals surface area contributed by atoms with Crippen molar-refractivity contribution in [3.05, 3.63) is 17.6 Å². The molecular formula is C12H18N4O. The van der Waals surface area contributed by atoms with Crippen LogP contribution in [0, 0.1) is 6.92 Å². The van der Waals surface area contributed by atoms with Gasteiger partial charge in [-0.2, -0.15) is 0 Å².